The fourth-order valence-corrected chi connectivity index (χ4v) is 6.54. The minimum absolute atomic E-state index is 0.787. The van der Waals surface area contributed by atoms with E-state index in [1.807, 2.05) is 0 Å². The molecule has 0 fully saturated rings. The molecule has 0 atom stereocenters. The average Bonchev–Trinajstić information content (AvgIpc) is 3.82. The van der Waals surface area contributed by atoms with Gasteiger partial charge in [-0.05, 0) is 46.6 Å². The summed E-state index contributed by atoms with van der Waals surface area (Å²) in [5.41, 5.74) is 10.3. The van der Waals surface area contributed by atoms with Crippen molar-refractivity contribution in [1.29, 1.82) is 0 Å². The van der Waals surface area contributed by atoms with E-state index in [1.165, 1.54) is 65.9 Å². The summed E-state index contributed by atoms with van der Waals surface area (Å²) in [7, 11) is 0. The predicted octanol–water partition coefficient (Wildman–Crippen LogP) is 9.45. The summed E-state index contributed by atoms with van der Waals surface area (Å²) in [5.74, 6) is 0. The third-order valence-electron chi connectivity index (χ3n) is 8.38. The van der Waals surface area contributed by atoms with E-state index in [-0.39, 0.29) is 0 Å². The first kappa shape index (κ1) is 22.9. The number of para-hydroxylation sites is 4. The number of benzene rings is 4. The van der Waals surface area contributed by atoms with Crippen molar-refractivity contribution in [3.63, 3.8) is 0 Å². The van der Waals surface area contributed by atoms with E-state index in [9.17, 15) is 0 Å². The lowest BCUT2D eigenvalue weighted by Gasteiger charge is -2.21. The molecule has 0 spiro atoms. The highest BCUT2D eigenvalue weighted by Gasteiger charge is 2.20. The van der Waals surface area contributed by atoms with Crippen LogP contribution >= 0.6 is 0 Å². The van der Waals surface area contributed by atoms with Crippen LogP contribution in [-0.4, -0.2) is 9.13 Å². The summed E-state index contributed by atoms with van der Waals surface area (Å²) < 4.78 is 5.00. The SMILES string of the molecule is C1=CC(=C(Cn2c3ccccc3c3ccccc32)C(Cn2c3ccccc3c3ccccc32)=C2C=CC=C2)C=C1. The number of allylic oxidation sites excluding steroid dienone is 12. The van der Waals surface area contributed by atoms with E-state index in [4.69, 9.17) is 0 Å². The Hall–Kier alpha value is -5.08. The van der Waals surface area contributed by atoms with Crippen molar-refractivity contribution in [3.05, 3.63) is 168 Å². The van der Waals surface area contributed by atoms with E-state index in [0.717, 1.165) is 13.1 Å². The van der Waals surface area contributed by atoms with Crippen molar-refractivity contribution in [3.8, 4) is 0 Å². The van der Waals surface area contributed by atoms with Gasteiger partial charge in [-0.2, -0.15) is 0 Å². The Morgan fingerprint density at radius 2 is 0.650 bits per heavy atom. The molecule has 2 aliphatic carbocycles. The van der Waals surface area contributed by atoms with Gasteiger partial charge in [-0.3, -0.25) is 0 Å². The van der Waals surface area contributed by atoms with Crippen LogP contribution in [0.1, 0.15) is 0 Å². The Kier molecular flexibility index (Phi) is 5.31. The predicted molar refractivity (Wildman–Crippen MR) is 169 cm³/mol. The minimum Gasteiger partial charge on any atom is -0.336 e. The van der Waals surface area contributed by atoms with Crippen LogP contribution in [0.4, 0.5) is 0 Å². The molecular formula is C38H28N2. The van der Waals surface area contributed by atoms with Gasteiger partial charge in [0.2, 0.25) is 0 Å². The van der Waals surface area contributed by atoms with Crippen molar-refractivity contribution >= 4 is 43.6 Å². The Bertz CT molecular complexity index is 1860. The molecule has 0 amide bonds. The fourth-order valence-electron chi connectivity index (χ4n) is 6.54. The molecule has 40 heavy (non-hydrogen) atoms. The van der Waals surface area contributed by atoms with Crippen molar-refractivity contribution in [2.24, 2.45) is 0 Å². The molecule has 2 heteroatoms. The Morgan fingerprint density at radius 3 is 0.950 bits per heavy atom. The molecule has 190 valence electrons. The maximum Gasteiger partial charge on any atom is 0.0494 e. The van der Waals surface area contributed by atoms with Gasteiger partial charge < -0.3 is 9.13 Å². The molecule has 4 aromatic carbocycles. The molecular weight excluding hydrogens is 484 g/mol. The molecule has 0 unspecified atom stereocenters. The number of fused-ring (bicyclic) bond motifs is 6. The van der Waals surface area contributed by atoms with Crippen molar-refractivity contribution in [1.82, 2.24) is 9.13 Å². The monoisotopic (exact) mass is 512 g/mol. The molecule has 0 radical (unpaired) electrons. The number of hydrogen-bond donors (Lipinski definition) is 0. The van der Waals surface area contributed by atoms with Crippen molar-refractivity contribution in [2.45, 2.75) is 13.1 Å². The highest BCUT2D eigenvalue weighted by atomic mass is 15.0. The third-order valence-corrected chi connectivity index (χ3v) is 8.38. The van der Waals surface area contributed by atoms with Crippen molar-refractivity contribution < 1.29 is 0 Å². The van der Waals surface area contributed by atoms with Crippen LogP contribution in [0.3, 0.4) is 0 Å². The summed E-state index contributed by atoms with van der Waals surface area (Å²) in [4.78, 5) is 0. The molecule has 0 saturated heterocycles. The minimum atomic E-state index is 0.787. The average molecular weight is 513 g/mol. The van der Waals surface area contributed by atoms with Gasteiger partial charge in [0.1, 0.15) is 0 Å². The zero-order valence-corrected chi connectivity index (χ0v) is 22.2. The number of hydrogen-bond acceptors (Lipinski definition) is 0. The van der Waals surface area contributed by atoms with Gasteiger partial charge in [0.15, 0.2) is 0 Å². The summed E-state index contributed by atoms with van der Waals surface area (Å²) >= 11 is 0. The highest BCUT2D eigenvalue weighted by molar-refractivity contribution is 6.09. The topological polar surface area (TPSA) is 9.86 Å². The van der Waals surface area contributed by atoms with Gasteiger partial charge in [0, 0.05) is 56.7 Å². The summed E-state index contributed by atoms with van der Waals surface area (Å²) in [5, 5.41) is 5.21. The van der Waals surface area contributed by atoms with E-state index >= 15 is 0 Å². The van der Waals surface area contributed by atoms with Crippen molar-refractivity contribution in [2.75, 3.05) is 0 Å². The lowest BCUT2D eigenvalue weighted by Crippen LogP contribution is -2.11. The third kappa shape index (κ3) is 3.57. The Morgan fingerprint density at radius 1 is 0.375 bits per heavy atom. The van der Waals surface area contributed by atoms with Gasteiger partial charge >= 0.3 is 0 Å². The summed E-state index contributed by atoms with van der Waals surface area (Å²) in [6, 6.07) is 35.2. The van der Waals surface area contributed by atoms with Gasteiger partial charge in [0.05, 0.1) is 0 Å². The lowest BCUT2D eigenvalue weighted by atomic mass is 9.95. The van der Waals surface area contributed by atoms with Crippen LogP contribution in [0.2, 0.25) is 0 Å². The smallest absolute Gasteiger partial charge is 0.0494 e. The van der Waals surface area contributed by atoms with Crippen LogP contribution in [0.25, 0.3) is 43.6 Å². The maximum absolute atomic E-state index is 2.50. The lowest BCUT2D eigenvalue weighted by molar-refractivity contribution is 0.790. The van der Waals surface area contributed by atoms with Crippen LogP contribution in [0.5, 0.6) is 0 Å². The summed E-state index contributed by atoms with van der Waals surface area (Å²) in [6.07, 6.45) is 17.7. The first-order valence-corrected chi connectivity index (χ1v) is 13.9. The first-order chi connectivity index (χ1) is 19.9. The zero-order chi connectivity index (χ0) is 26.5. The maximum atomic E-state index is 2.50. The molecule has 0 N–H and O–H groups in total. The van der Waals surface area contributed by atoms with E-state index in [1.54, 1.807) is 0 Å². The molecule has 0 bridgehead atoms. The van der Waals surface area contributed by atoms with Crippen LogP contribution in [0.15, 0.2) is 168 Å². The Balaban J connectivity index is 1.37. The van der Waals surface area contributed by atoms with Crippen LogP contribution in [0, 0.1) is 0 Å². The number of rotatable bonds is 5. The standard InChI is InChI=1S/C38H28N2/c1-2-14-27(13-1)33(25-39-35-21-9-5-17-29(35)30-18-6-10-22-36(30)39)34(28-15-3-4-16-28)26-40-37-23-11-7-19-31(37)32-20-8-12-24-38(32)40/h1-24H,25-26H2. The summed E-state index contributed by atoms with van der Waals surface area (Å²) in [6.45, 7) is 1.57. The highest BCUT2D eigenvalue weighted by Crippen LogP contribution is 2.36. The largest absolute Gasteiger partial charge is 0.336 e. The molecule has 8 rings (SSSR count). The molecule has 2 aromatic heterocycles. The van der Waals surface area contributed by atoms with Gasteiger partial charge in [-0.25, -0.2) is 0 Å². The van der Waals surface area contributed by atoms with Gasteiger partial charge in [-0.15, -0.1) is 0 Å². The van der Waals surface area contributed by atoms with E-state index < -0.39 is 0 Å². The second kappa shape index (κ2) is 9.29. The molecule has 2 heterocycles. The quantitative estimate of drug-likeness (QED) is 0.218. The van der Waals surface area contributed by atoms with Crippen LogP contribution < -0.4 is 0 Å². The van der Waals surface area contributed by atoms with Gasteiger partial charge in [-0.1, -0.05) is 121 Å². The number of nitrogens with zero attached hydrogens (tertiary/aromatic N) is 2. The molecule has 6 aromatic rings. The van der Waals surface area contributed by atoms with Crippen LogP contribution in [-0.2, 0) is 13.1 Å². The number of aromatic nitrogens is 2. The second-order valence-corrected chi connectivity index (χ2v) is 10.5. The first-order valence-electron chi connectivity index (χ1n) is 13.9. The Labute approximate surface area is 233 Å². The molecule has 0 aliphatic heterocycles. The second-order valence-electron chi connectivity index (χ2n) is 10.5. The fraction of sp³-hybridized carbons (Fsp3) is 0.0526. The van der Waals surface area contributed by atoms with Gasteiger partial charge in [0.25, 0.3) is 0 Å². The van der Waals surface area contributed by atoms with E-state index in [2.05, 4.69) is 155 Å². The molecule has 0 saturated carbocycles. The normalized spacial score (nSPS) is 14.2. The zero-order valence-electron chi connectivity index (χ0n) is 22.2. The molecule has 2 nitrogen and oxygen atoms in total. The van der Waals surface area contributed by atoms with E-state index in [0.29, 0.717) is 0 Å². The molecule has 2 aliphatic rings.